The molecule has 3 atom stereocenters. The van der Waals surface area contributed by atoms with Gasteiger partial charge in [0, 0.05) is 6.42 Å². The zero-order chi connectivity index (χ0) is 46.7. The number of aliphatic hydroxyl groups excluding tert-OH is 2. The van der Waals surface area contributed by atoms with E-state index in [4.69, 9.17) is 4.74 Å². The Balaban J connectivity index is 4.49. The van der Waals surface area contributed by atoms with Gasteiger partial charge in [-0.1, -0.05) is 276 Å². The van der Waals surface area contributed by atoms with E-state index in [1.807, 2.05) is 0 Å². The Kier molecular flexibility index (Phi) is 50.5. The Morgan fingerprint density at radius 2 is 0.844 bits per heavy atom. The zero-order valence-corrected chi connectivity index (χ0v) is 42.9. The van der Waals surface area contributed by atoms with Gasteiger partial charge >= 0.3 is 5.97 Å². The summed E-state index contributed by atoms with van der Waals surface area (Å²) in [5.41, 5.74) is 0. The fourth-order valence-electron chi connectivity index (χ4n) is 8.79. The van der Waals surface area contributed by atoms with Crippen molar-refractivity contribution in [2.75, 3.05) is 6.61 Å². The predicted molar refractivity (Wildman–Crippen MR) is 278 cm³/mol. The highest BCUT2D eigenvalue weighted by atomic mass is 16.5. The molecule has 0 saturated heterocycles. The molecule has 376 valence electrons. The van der Waals surface area contributed by atoms with Crippen molar-refractivity contribution in [2.24, 2.45) is 0 Å². The molecule has 0 aromatic heterocycles. The maximum Gasteiger partial charge on any atom is 0.306 e. The number of carbonyl (C=O) groups is 2. The number of esters is 1. The minimum atomic E-state index is -0.792. The average Bonchev–Trinajstić information content (AvgIpc) is 3.29. The first-order valence-corrected chi connectivity index (χ1v) is 28.2. The summed E-state index contributed by atoms with van der Waals surface area (Å²) in [6.45, 7) is 6.38. The zero-order valence-electron chi connectivity index (χ0n) is 42.9. The Morgan fingerprint density at radius 3 is 1.27 bits per heavy atom. The van der Waals surface area contributed by atoms with Gasteiger partial charge in [-0.2, -0.15) is 0 Å². The van der Waals surface area contributed by atoms with Gasteiger partial charge in [0.2, 0.25) is 5.91 Å². The van der Waals surface area contributed by atoms with Crippen molar-refractivity contribution >= 4 is 11.9 Å². The summed E-state index contributed by atoms with van der Waals surface area (Å²) in [4.78, 5) is 26.2. The number of rotatable bonds is 51. The number of aliphatic hydroxyl groups is 2. The first kappa shape index (κ1) is 62.1. The molecule has 0 spiro atoms. The van der Waals surface area contributed by atoms with E-state index >= 15 is 0 Å². The van der Waals surface area contributed by atoms with Gasteiger partial charge in [0.05, 0.1) is 25.2 Å². The third-order valence-electron chi connectivity index (χ3n) is 13.0. The Bertz CT molecular complexity index is 1060. The van der Waals surface area contributed by atoms with Crippen LogP contribution in [0.3, 0.4) is 0 Å². The smallest absolute Gasteiger partial charge is 0.306 e. The summed E-state index contributed by atoms with van der Waals surface area (Å²) in [6, 6.07) is -0.706. The van der Waals surface area contributed by atoms with Gasteiger partial charge in [-0.15, -0.1) is 0 Å². The second-order valence-corrected chi connectivity index (χ2v) is 19.4. The Labute approximate surface area is 398 Å². The molecular weight excluding hydrogens is 791 g/mol. The summed E-state index contributed by atoms with van der Waals surface area (Å²) >= 11 is 0. The lowest BCUT2D eigenvalue weighted by atomic mass is 10.0. The van der Waals surface area contributed by atoms with Crippen LogP contribution in [0.5, 0.6) is 0 Å². The minimum Gasteiger partial charge on any atom is -0.462 e. The maximum absolute atomic E-state index is 13.2. The molecule has 0 saturated carbocycles. The third kappa shape index (κ3) is 46.6. The van der Waals surface area contributed by atoms with Gasteiger partial charge in [0.15, 0.2) is 0 Å². The van der Waals surface area contributed by atoms with Crippen molar-refractivity contribution in [3.63, 3.8) is 0 Å². The van der Waals surface area contributed by atoms with Crippen LogP contribution in [-0.2, 0) is 14.3 Å². The lowest BCUT2D eigenvalue weighted by molar-refractivity contribution is -0.151. The fraction of sp³-hybridized carbons (Fsp3) is 0.862. The van der Waals surface area contributed by atoms with Crippen molar-refractivity contribution in [3.8, 4) is 0 Å². The van der Waals surface area contributed by atoms with E-state index in [9.17, 15) is 19.8 Å². The number of amides is 1. The van der Waals surface area contributed by atoms with Gasteiger partial charge in [-0.05, 0) is 44.9 Å². The van der Waals surface area contributed by atoms with Gasteiger partial charge in [0.1, 0.15) is 6.10 Å². The van der Waals surface area contributed by atoms with Crippen LogP contribution in [0, 0.1) is 0 Å². The number of hydrogen-bond donors (Lipinski definition) is 3. The molecule has 6 nitrogen and oxygen atoms in total. The van der Waals surface area contributed by atoms with Crippen molar-refractivity contribution in [1.82, 2.24) is 5.32 Å². The summed E-state index contributed by atoms with van der Waals surface area (Å²) in [6.07, 6.45) is 62.1. The molecule has 1 amide bonds. The summed E-state index contributed by atoms with van der Waals surface area (Å²) in [7, 11) is 0. The van der Waals surface area contributed by atoms with Crippen LogP contribution in [0.1, 0.15) is 297 Å². The fourth-order valence-corrected chi connectivity index (χ4v) is 8.79. The number of unbranched alkanes of at least 4 members (excludes halogenated alkanes) is 35. The van der Waals surface area contributed by atoms with Gasteiger partial charge in [-0.25, -0.2) is 0 Å². The Hall–Kier alpha value is -1.92. The predicted octanol–water partition coefficient (Wildman–Crippen LogP) is 17.2. The molecule has 0 aliphatic carbocycles. The molecule has 0 fully saturated rings. The maximum atomic E-state index is 13.2. The van der Waals surface area contributed by atoms with E-state index in [0.29, 0.717) is 19.3 Å². The second kappa shape index (κ2) is 52.1. The molecule has 3 unspecified atom stereocenters. The van der Waals surface area contributed by atoms with E-state index in [1.54, 1.807) is 0 Å². The molecular formula is C58H109NO5. The summed E-state index contributed by atoms with van der Waals surface area (Å²) in [5, 5.41) is 23.9. The van der Waals surface area contributed by atoms with Crippen LogP contribution in [0.4, 0.5) is 0 Å². The highest BCUT2D eigenvalue weighted by molar-refractivity contribution is 5.77. The lowest BCUT2D eigenvalue weighted by Gasteiger charge is -2.24. The van der Waals surface area contributed by atoms with Gasteiger partial charge < -0.3 is 20.3 Å². The molecule has 3 N–H and O–H groups in total. The molecule has 0 aromatic rings. The van der Waals surface area contributed by atoms with Crippen LogP contribution in [0.2, 0.25) is 0 Å². The van der Waals surface area contributed by atoms with Crippen LogP contribution in [0.15, 0.2) is 36.5 Å². The first-order valence-electron chi connectivity index (χ1n) is 28.2. The number of allylic oxidation sites excluding steroid dienone is 6. The molecule has 0 aromatic carbocycles. The van der Waals surface area contributed by atoms with E-state index in [-0.39, 0.29) is 24.9 Å². The van der Waals surface area contributed by atoms with Gasteiger partial charge in [0.25, 0.3) is 0 Å². The van der Waals surface area contributed by atoms with E-state index < -0.39 is 18.2 Å². The normalized spacial score (nSPS) is 13.4. The molecule has 0 heterocycles. The lowest BCUT2D eigenvalue weighted by Crippen LogP contribution is -2.46. The number of hydrogen-bond acceptors (Lipinski definition) is 5. The number of carbonyl (C=O) groups excluding carboxylic acids is 2. The molecule has 64 heavy (non-hydrogen) atoms. The SMILES string of the molecule is CC/C=C/C=C/C=C/CCCCCCCC(CC(=O)NC(CO)C(O)CCCCCCCCCCCCCCCCCCC)OC(=O)CCCCCCCCCCCCCCCCC. The molecule has 0 aliphatic heterocycles. The number of nitrogens with one attached hydrogen (secondary N) is 1. The van der Waals surface area contributed by atoms with Crippen molar-refractivity contribution < 1.29 is 24.5 Å². The average molecular weight is 901 g/mol. The highest BCUT2D eigenvalue weighted by Gasteiger charge is 2.24. The van der Waals surface area contributed by atoms with Crippen LogP contribution in [-0.4, -0.2) is 46.9 Å². The minimum absolute atomic E-state index is 0.0682. The van der Waals surface area contributed by atoms with Gasteiger partial charge in [-0.3, -0.25) is 9.59 Å². The van der Waals surface area contributed by atoms with Crippen LogP contribution in [0.25, 0.3) is 0 Å². The number of ether oxygens (including phenoxy) is 1. The molecule has 0 bridgehead atoms. The molecule has 0 aliphatic rings. The van der Waals surface area contributed by atoms with Crippen LogP contribution < -0.4 is 5.32 Å². The van der Waals surface area contributed by atoms with E-state index in [2.05, 4.69) is 62.5 Å². The topological polar surface area (TPSA) is 95.9 Å². The Morgan fingerprint density at radius 1 is 0.469 bits per heavy atom. The van der Waals surface area contributed by atoms with Crippen molar-refractivity contribution in [2.45, 2.75) is 315 Å². The van der Waals surface area contributed by atoms with Crippen LogP contribution >= 0.6 is 0 Å². The largest absolute Gasteiger partial charge is 0.462 e. The molecule has 0 rings (SSSR count). The van der Waals surface area contributed by atoms with Crippen molar-refractivity contribution in [3.05, 3.63) is 36.5 Å². The third-order valence-corrected chi connectivity index (χ3v) is 13.0. The molecule has 0 radical (unpaired) electrons. The quantitative estimate of drug-likeness (QED) is 0.0321. The van der Waals surface area contributed by atoms with E-state index in [1.165, 1.54) is 173 Å². The van der Waals surface area contributed by atoms with E-state index in [0.717, 1.165) is 77.0 Å². The monoisotopic (exact) mass is 900 g/mol. The molecule has 6 heteroatoms. The highest BCUT2D eigenvalue weighted by Crippen LogP contribution is 2.19. The second-order valence-electron chi connectivity index (χ2n) is 19.4. The van der Waals surface area contributed by atoms with Crippen molar-refractivity contribution in [1.29, 1.82) is 0 Å². The first-order chi connectivity index (χ1) is 31.5. The standard InChI is InChI=1S/C58H109NO5/c1-4-7-10-13-16-19-22-25-27-28-30-32-35-38-41-44-47-50-56(61)55(53-60)59-57(62)52-54(49-46-43-40-37-34-31-24-21-18-15-12-9-6-3)64-58(63)51-48-45-42-39-36-33-29-26-23-20-17-14-11-8-5-2/h9,12,15,18,21,24,54-56,60-61H,4-8,10-11,13-14,16-17,19-20,22-23,25-53H2,1-3H3,(H,59,62)/b12-9+,18-15+,24-21+. The summed E-state index contributed by atoms with van der Waals surface area (Å²) < 4.78 is 5.94. The summed E-state index contributed by atoms with van der Waals surface area (Å²) in [5.74, 6) is -0.479.